The molecule has 0 unspecified atom stereocenters. The number of likely N-dealkylation sites (N-methyl/N-ethyl adjacent to an activating group) is 1. The highest BCUT2D eigenvalue weighted by molar-refractivity contribution is 9.10. The molecule has 2 N–H and O–H groups in total. The lowest BCUT2D eigenvalue weighted by atomic mass is 10.2. The summed E-state index contributed by atoms with van der Waals surface area (Å²) in [5.74, 6) is 0. The third-order valence-corrected chi connectivity index (χ3v) is 5.94. The largest absolute Gasteiger partial charge is 0.390 e. The minimum Gasteiger partial charge on any atom is -0.390 e. The van der Waals surface area contributed by atoms with Crippen LogP contribution in [0.5, 0.6) is 0 Å². The highest BCUT2D eigenvalue weighted by atomic mass is 79.9. The van der Waals surface area contributed by atoms with Gasteiger partial charge in [-0.25, -0.2) is 8.42 Å². The van der Waals surface area contributed by atoms with E-state index in [1.165, 1.54) is 11.4 Å². The fourth-order valence-electron chi connectivity index (χ4n) is 2.21. The molecule has 2 rings (SSSR count). The summed E-state index contributed by atoms with van der Waals surface area (Å²) in [6.45, 7) is 2.64. The van der Waals surface area contributed by atoms with Crippen LogP contribution in [0.3, 0.4) is 0 Å². The lowest BCUT2D eigenvalue weighted by molar-refractivity contribution is 0.136. The number of rotatable bonds is 3. The standard InChI is InChI=1S/C12H17BrN2O3S/c1-8-3-4-9(13)5-12(8)19(17,18)15(2)10-6-14-7-11(10)16/h3-5,10-11,14,16H,6-7H2,1-2H3/t10-,11-/m1/s1. The smallest absolute Gasteiger partial charge is 0.243 e. The molecule has 1 fully saturated rings. The van der Waals surface area contributed by atoms with E-state index in [9.17, 15) is 13.5 Å². The van der Waals surface area contributed by atoms with E-state index in [4.69, 9.17) is 0 Å². The molecule has 0 bridgehead atoms. The Labute approximate surface area is 121 Å². The molecular formula is C12H17BrN2O3S. The molecule has 0 spiro atoms. The molecule has 0 aliphatic carbocycles. The highest BCUT2D eigenvalue weighted by Gasteiger charge is 2.36. The second-order valence-electron chi connectivity index (χ2n) is 4.72. The topological polar surface area (TPSA) is 69.6 Å². The highest BCUT2D eigenvalue weighted by Crippen LogP contribution is 2.25. The lowest BCUT2D eigenvalue weighted by Crippen LogP contribution is -2.44. The Morgan fingerprint density at radius 2 is 2.11 bits per heavy atom. The van der Waals surface area contributed by atoms with Crippen LogP contribution in [0, 0.1) is 6.92 Å². The van der Waals surface area contributed by atoms with Gasteiger partial charge in [0.1, 0.15) is 0 Å². The molecule has 0 amide bonds. The number of aliphatic hydroxyl groups is 1. The maximum Gasteiger partial charge on any atom is 0.243 e. The average Bonchev–Trinajstić information content (AvgIpc) is 2.77. The van der Waals surface area contributed by atoms with Crippen molar-refractivity contribution in [1.29, 1.82) is 0 Å². The zero-order valence-electron chi connectivity index (χ0n) is 10.8. The Balaban J connectivity index is 2.39. The van der Waals surface area contributed by atoms with Gasteiger partial charge in [0.05, 0.1) is 17.0 Å². The molecule has 1 aromatic rings. The van der Waals surface area contributed by atoms with Crippen molar-refractivity contribution < 1.29 is 13.5 Å². The number of halogens is 1. The molecule has 0 aromatic heterocycles. The van der Waals surface area contributed by atoms with Gasteiger partial charge in [0.2, 0.25) is 10.0 Å². The first-order valence-electron chi connectivity index (χ1n) is 5.97. The van der Waals surface area contributed by atoms with Crippen LogP contribution >= 0.6 is 15.9 Å². The normalized spacial score (nSPS) is 24.1. The van der Waals surface area contributed by atoms with Crippen molar-refractivity contribution in [2.75, 3.05) is 20.1 Å². The number of nitrogens with one attached hydrogen (secondary N) is 1. The summed E-state index contributed by atoms with van der Waals surface area (Å²) in [6.07, 6.45) is -0.674. The predicted octanol–water partition coefficient (Wildman–Crippen LogP) is 0.711. The molecule has 106 valence electrons. The molecule has 1 aliphatic rings. The third-order valence-electron chi connectivity index (χ3n) is 3.43. The molecule has 1 heterocycles. The molecule has 0 radical (unpaired) electrons. The molecule has 0 saturated carbocycles. The minimum atomic E-state index is -3.61. The number of aryl methyl sites for hydroxylation is 1. The molecule has 19 heavy (non-hydrogen) atoms. The first kappa shape index (κ1) is 14.9. The first-order valence-corrected chi connectivity index (χ1v) is 8.20. The van der Waals surface area contributed by atoms with E-state index in [1.807, 2.05) is 0 Å². The van der Waals surface area contributed by atoms with Crippen LogP contribution in [0.4, 0.5) is 0 Å². The zero-order chi connectivity index (χ0) is 14.2. The first-order chi connectivity index (χ1) is 8.84. The van der Waals surface area contributed by atoms with E-state index in [1.54, 1.807) is 25.1 Å². The summed E-state index contributed by atoms with van der Waals surface area (Å²) >= 11 is 3.29. The molecule has 2 atom stereocenters. The van der Waals surface area contributed by atoms with E-state index in [0.717, 1.165) is 4.47 Å². The maximum absolute atomic E-state index is 12.6. The molecule has 7 heteroatoms. The summed E-state index contributed by atoms with van der Waals surface area (Å²) in [5.41, 5.74) is 0.690. The van der Waals surface area contributed by atoms with Gasteiger partial charge in [0.15, 0.2) is 0 Å². The minimum absolute atomic E-state index is 0.267. The number of hydrogen-bond acceptors (Lipinski definition) is 4. The van der Waals surface area contributed by atoms with Gasteiger partial charge in [-0.3, -0.25) is 0 Å². The molecule has 5 nitrogen and oxygen atoms in total. The van der Waals surface area contributed by atoms with Gasteiger partial charge in [0.25, 0.3) is 0 Å². The molecule has 1 aliphatic heterocycles. The number of nitrogens with zero attached hydrogens (tertiary/aromatic N) is 1. The van der Waals surface area contributed by atoms with Crippen molar-refractivity contribution in [1.82, 2.24) is 9.62 Å². The fourth-order valence-corrected chi connectivity index (χ4v) is 4.35. The number of β-amino-alcohol motifs (C(OH)–C–C–N with tert-alkyl or cyclic N) is 1. The second-order valence-corrected chi connectivity index (χ2v) is 7.61. The van der Waals surface area contributed by atoms with Crippen LogP contribution < -0.4 is 5.32 Å². The van der Waals surface area contributed by atoms with E-state index >= 15 is 0 Å². The quantitative estimate of drug-likeness (QED) is 0.843. The predicted molar refractivity (Wildman–Crippen MR) is 76.5 cm³/mol. The SMILES string of the molecule is Cc1ccc(Br)cc1S(=O)(=O)N(C)[C@@H]1CNC[C@H]1O. The fraction of sp³-hybridized carbons (Fsp3) is 0.500. The number of hydrogen-bond donors (Lipinski definition) is 2. The summed E-state index contributed by atoms with van der Waals surface area (Å²) in [4.78, 5) is 0.267. The monoisotopic (exact) mass is 348 g/mol. The maximum atomic E-state index is 12.6. The van der Waals surface area contributed by atoms with Gasteiger partial charge in [-0.15, -0.1) is 0 Å². The number of benzene rings is 1. The number of sulfonamides is 1. The Morgan fingerprint density at radius 3 is 2.68 bits per heavy atom. The van der Waals surface area contributed by atoms with Gasteiger partial charge in [-0.2, -0.15) is 4.31 Å². The summed E-state index contributed by atoms with van der Waals surface area (Å²) < 4.78 is 27.2. The van der Waals surface area contributed by atoms with E-state index in [2.05, 4.69) is 21.2 Å². The zero-order valence-corrected chi connectivity index (χ0v) is 13.2. The third kappa shape index (κ3) is 2.85. The van der Waals surface area contributed by atoms with Crippen LogP contribution in [-0.4, -0.2) is 50.1 Å². The van der Waals surface area contributed by atoms with E-state index in [0.29, 0.717) is 18.7 Å². The Morgan fingerprint density at radius 1 is 1.42 bits per heavy atom. The van der Waals surface area contributed by atoms with Gasteiger partial charge in [-0.1, -0.05) is 22.0 Å². The Hall–Kier alpha value is -0.470. The Bertz CT molecular complexity index is 576. The molecule has 1 aromatic carbocycles. The van der Waals surface area contributed by atoms with Crippen LogP contribution in [0.1, 0.15) is 5.56 Å². The molecular weight excluding hydrogens is 332 g/mol. The van der Waals surface area contributed by atoms with Gasteiger partial charge >= 0.3 is 0 Å². The molecule has 1 saturated heterocycles. The van der Waals surface area contributed by atoms with Crippen molar-refractivity contribution in [3.05, 3.63) is 28.2 Å². The van der Waals surface area contributed by atoms with Crippen molar-refractivity contribution in [3.8, 4) is 0 Å². The van der Waals surface area contributed by atoms with Crippen LogP contribution in [0.15, 0.2) is 27.6 Å². The van der Waals surface area contributed by atoms with Crippen LogP contribution in [-0.2, 0) is 10.0 Å². The Kier molecular flexibility index (Phi) is 4.32. The summed E-state index contributed by atoms with van der Waals surface area (Å²) in [6, 6.07) is 4.73. The van der Waals surface area contributed by atoms with Crippen molar-refractivity contribution in [2.45, 2.75) is 24.0 Å². The number of aliphatic hydroxyl groups excluding tert-OH is 1. The lowest BCUT2D eigenvalue weighted by Gasteiger charge is -2.26. The average molecular weight is 349 g/mol. The van der Waals surface area contributed by atoms with E-state index < -0.39 is 22.2 Å². The van der Waals surface area contributed by atoms with Crippen LogP contribution in [0.25, 0.3) is 0 Å². The summed E-state index contributed by atoms with van der Waals surface area (Å²) in [7, 11) is -2.09. The van der Waals surface area contributed by atoms with Gasteiger partial charge < -0.3 is 10.4 Å². The second kappa shape index (κ2) is 5.49. The van der Waals surface area contributed by atoms with Crippen molar-refractivity contribution in [2.24, 2.45) is 0 Å². The summed E-state index contributed by atoms with van der Waals surface area (Å²) in [5, 5.41) is 12.8. The van der Waals surface area contributed by atoms with Crippen molar-refractivity contribution >= 4 is 26.0 Å². The van der Waals surface area contributed by atoms with Gasteiger partial charge in [-0.05, 0) is 24.6 Å². The van der Waals surface area contributed by atoms with Crippen LogP contribution in [0.2, 0.25) is 0 Å². The van der Waals surface area contributed by atoms with Gasteiger partial charge in [0, 0.05) is 24.6 Å². The van der Waals surface area contributed by atoms with Crippen molar-refractivity contribution in [3.63, 3.8) is 0 Å². The van der Waals surface area contributed by atoms with E-state index in [-0.39, 0.29) is 4.90 Å².